The smallest absolute Gasteiger partial charge is 0.242 e. The highest BCUT2D eigenvalue weighted by Gasteiger charge is 2.35. The number of aliphatic hydroxyl groups excluding tert-OH is 1. The molecule has 0 radical (unpaired) electrons. The Morgan fingerprint density at radius 1 is 1.52 bits per heavy atom. The van der Waals surface area contributed by atoms with Crippen molar-refractivity contribution in [3.63, 3.8) is 0 Å². The van der Waals surface area contributed by atoms with Crippen LogP contribution < -0.4 is 10.1 Å². The third kappa shape index (κ3) is 4.46. The Morgan fingerprint density at radius 3 is 2.88 bits per heavy atom. The number of nitrogens with zero attached hydrogens (tertiary/aromatic N) is 3. The van der Waals surface area contributed by atoms with E-state index in [1.807, 2.05) is 6.07 Å². The number of carbonyl (C=O) groups is 1. The summed E-state index contributed by atoms with van der Waals surface area (Å²) in [6, 6.07) is 3.46. The number of aromatic amines is 1. The van der Waals surface area contributed by atoms with Gasteiger partial charge >= 0.3 is 0 Å². The molecule has 0 spiro atoms. The van der Waals surface area contributed by atoms with Gasteiger partial charge in [0, 0.05) is 25.1 Å². The number of aryl methyl sites for hydroxylation is 1. The maximum atomic E-state index is 12.3. The van der Waals surface area contributed by atoms with Gasteiger partial charge in [-0.2, -0.15) is 0 Å². The summed E-state index contributed by atoms with van der Waals surface area (Å²) in [5.74, 6) is 1.18. The van der Waals surface area contributed by atoms with Gasteiger partial charge in [-0.05, 0) is 35.9 Å². The van der Waals surface area contributed by atoms with E-state index in [0.29, 0.717) is 31.0 Å². The molecule has 2 aromatic rings. The minimum Gasteiger partial charge on any atom is -0.481 e. The van der Waals surface area contributed by atoms with Gasteiger partial charge in [0.1, 0.15) is 5.82 Å². The Kier molecular flexibility index (Phi) is 5.50. The molecular weight excluding hydrogens is 346 g/mol. The second-order valence-electron chi connectivity index (χ2n) is 6.12. The quantitative estimate of drug-likeness (QED) is 0.684. The summed E-state index contributed by atoms with van der Waals surface area (Å²) < 4.78 is 5.07. The van der Waals surface area contributed by atoms with Crippen LogP contribution in [-0.4, -0.2) is 44.4 Å². The summed E-state index contributed by atoms with van der Waals surface area (Å²) in [6.07, 6.45) is 3.41. The van der Waals surface area contributed by atoms with E-state index in [-0.39, 0.29) is 35.7 Å². The van der Waals surface area contributed by atoms with Crippen molar-refractivity contribution in [2.24, 2.45) is 5.92 Å². The number of aliphatic hydroxyl groups is 1. The van der Waals surface area contributed by atoms with Gasteiger partial charge in [-0.15, -0.1) is 5.10 Å². The van der Waals surface area contributed by atoms with Gasteiger partial charge in [-0.1, -0.05) is 6.07 Å². The summed E-state index contributed by atoms with van der Waals surface area (Å²) in [5, 5.41) is 19.2. The number of methoxy groups -OCH3 is 1. The molecule has 9 heteroatoms. The maximum Gasteiger partial charge on any atom is 0.242 e. The second-order valence-corrected chi connectivity index (χ2v) is 6.45. The molecule has 0 aromatic carbocycles. The van der Waals surface area contributed by atoms with E-state index in [0.717, 1.165) is 5.56 Å². The zero-order valence-corrected chi connectivity index (χ0v) is 14.5. The minimum absolute atomic E-state index is 0.102. The van der Waals surface area contributed by atoms with Crippen LogP contribution in [0.3, 0.4) is 0 Å². The van der Waals surface area contributed by atoms with Crippen molar-refractivity contribution in [2.45, 2.75) is 37.8 Å². The van der Waals surface area contributed by atoms with Gasteiger partial charge in [0.05, 0.1) is 19.3 Å². The number of ether oxygens (including phenoxy) is 1. The highest BCUT2D eigenvalue weighted by atomic mass is 35.5. The minimum atomic E-state index is -0.299. The van der Waals surface area contributed by atoms with Crippen molar-refractivity contribution in [3.05, 3.63) is 35.0 Å². The van der Waals surface area contributed by atoms with E-state index in [2.05, 4.69) is 25.5 Å². The van der Waals surface area contributed by atoms with Crippen molar-refractivity contribution in [1.82, 2.24) is 25.5 Å². The Labute approximate surface area is 150 Å². The van der Waals surface area contributed by atoms with E-state index in [1.54, 1.807) is 19.4 Å². The third-order valence-electron chi connectivity index (χ3n) is 4.36. The lowest BCUT2D eigenvalue weighted by Gasteiger charge is -2.38. The molecule has 8 nitrogen and oxygen atoms in total. The van der Waals surface area contributed by atoms with Gasteiger partial charge in [-0.3, -0.25) is 9.89 Å². The van der Waals surface area contributed by atoms with E-state index in [4.69, 9.17) is 16.3 Å². The monoisotopic (exact) mass is 365 g/mol. The highest BCUT2D eigenvalue weighted by molar-refractivity contribution is 6.28. The highest BCUT2D eigenvalue weighted by Crippen LogP contribution is 2.38. The van der Waals surface area contributed by atoms with Crippen LogP contribution in [0.25, 0.3) is 0 Å². The first-order valence-electron chi connectivity index (χ1n) is 8.09. The first-order chi connectivity index (χ1) is 12.0. The third-order valence-corrected chi connectivity index (χ3v) is 4.53. The van der Waals surface area contributed by atoms with Crippen LogP contribution in [0, 0.1) is 5.92 Å². The predicted molar refractivity (Wildman–Crippen MR) is 90.1 cm³/mol. The van der Waals surface area contributed by atoms with E-state index >= 15 is 0 Å². The van der Waals surface area contributed by atoms with Gasteiger partial charge in [0.15, 0.2) is 0 Å². The van der Waals surface area contributed by atoms with E-state index in [1.165, 1.54) is 0 Å². The molecule has 1 aliphatic carbocycles. The van der Waals surface area contributed by atoms with Gasteiger partial charge in [0.25, 0.3) is 0 Å². The van der Waals surface area contributed by atoms with Crippen molar-refractivity contribution in [2.75, 3.05) is 7.11 Å². The molecule has 1 amide bonds. The van der Waals surface area contributed by atoms with E-state index in [9.17, 15) is 9.90 Å². The lowest BCUT2D eigenvalue weighted by atomic mass is 9.75. The molecule has 0 unspecified atom stereocenters. The normalized spacial score (nSPS) is 20.6. The number of nitrogens with one attached hydrogen (secondary N) is 2. The fourth-order valence-corrected chi connectivity index (χ4v) is 3.08. The number of hydrogen-bond acceptors (Lipinski definition) is 6. The number of rotatable bonds is 7. The molecule has 1 saturated carbocycles. The van der Waals surface area contributed by atoms with Crippen LogP contribution in [0.5, 0.6) is 5.88 Å². The van der Waals surface area contributed by atoms with Crippen molar-refractivity contribution < 1.29 is 14.6 Å². The Hall–Kier alpha value is -2.19. The average molecular weight is 366 g/mol. The average Bonchev–Trinajstić information content (AvgIpc) is 3.01. The molecule has 0 aliphatic heterocycles. The molecule has 1 fully saturated rings. The number of carbonyl (C=O) groups excluding carboxylic acids is 1. The second kappa shape index (κ2) is 7.79. The summed E-state index contributed by atoms with van der Waals surface area (Å²) >= 11 is 5.65. The van der Waals surface area contributed by atoms with Crippen molar-refractivity contribution >= 4 is 17.5 Å². The number of hydrogen-bond donors (Lipinski definition) is 3. The van der Waals surface area contributed by atoms with Crippen LogP contribution >= 0.6 is 11.6 Å². The molecule has 3 rings (SSSR count). The fraction of sp³-hybridized carbons (Fsp3) is 0.500. The van der Waals surface area contributed by atoms with Crippen LogP contribution in [0.15, 0.2) is 18.3 Å². The van der Waals surface area contributed by atoms with Crippen LogP contribution in [0.4, 0.5) is 0 Å². The maximum absolute atomic E-state index is 12.3. The summed E-state index contributed by atoms with van der Waals surface area (Å²) in [5.41, 5.74) is 0.897. The first-order valence-corrected chi connectivity index (χ1v) is 8.47. The molecule has 1 atom stereocenters. The fourth-order valence-electron chi connectivity index (χ4n) is 2.93. The standard InChI is InChI=1S/C16H20ClN5O3/c1-25-14-5-2-9(8-18-14)15(10-6-11(23)7-10)20-13(24)4-3-12-19-16(17)22-21-12/h2,5,8,10-11,15,23H,3-4,6-7H2,1H3,(H,20,24)(H,19,21,22)/t10?,11?,15-/m1/s1. The van der Waals surface area contributed by atoms with Gasteiger partial charge in [0.2, 0.25) is 17.1 Å². The molecule has 25 heavy (non-hydrogen) atoms. The van der Waals surface area contributed by atoms with Crippen LogP contribution in [0.1, 0.15) is 36.7 Å². The zero-order valence-electron chi connectivity index (χ0n) is 13.8. The first kappa shape index (κ1) is 17.6. The van der Waals surface area contributed by atoms with Crippen molar-refractivity contribution in [3.8, 4) is 5.88 Å². The number of pyridine rings is 1. The lowest BCUT2D eigenvalue weighted by molar-refractivity contribution is -0.123. The molecule has 0 bridgehead atoms. The van der Waals surface area contributed by atoms with Crippen LogP contribution in [0.2, 0.25) is 5.28 Å². The van der Waals surface area contributed by atoms with Gasteiger partial charge in [-0.25, -0.2) is 9.97 Å². The topological polar surface area (TPSA) is 113 Å². The number of aromatic nitrogens is 4. The van der Waals surface area contributed by atoms with Crippen molar-refractivity contribution in [1.29, 1.82) is 0 Å². The molecule has 0 saturated heterocycles. The lowest BCUT2D eigenvalue weighted by Crippen LogP contribution is -2.41. The number of H-pyrrole nitrogens is 1. The zero-order chi connectivity index (χ0) is 17.8. The Bertz CT molecular complexity index is 715. The summed E-state index contributed by atoms with van der Waals surface area (Å²) in [7, 11) is 1.55. The number of halogens is 1. The molecule has 1 aliphatic rings. The SMILES string of the molecule is COc1ccc([C@@H](NC(=O)CCc2nc(Cl)n[nH]2)C2CC(O)C2)cn1. The predicted octanol–water partition coefficient (Wildman–Crippen LogP) is 1.42. The molecular formula is C16H20ClN5O3. The molecule has 3 N–H and O–H groups in total. The van der Waals surface area contributed by atoms with Gasteiger partial charge < -0.3 is 15.2 Å². The largest absolute Gasteiger partial charge is 0.481 e. The molecule has 2 heterocycles. The molecule has 2 aromatic heterocycles. The Balaban J connectivity index is 1.63. The van der Waals surface area contributed by atoms with Crippen LogP contribution in [-0.2, 0) is 11.2 Å². The Morgan fingerprint density at radius 2 is 2.32 bits per heavy atom. The summed E-state index contributed by atoms with van der Waals surface area (Å²) in [4.78, 5) is 20.5. The summed E-state index contributed by atoms with van der Waals surface area (Å²) in [6.45, 7) is 0. The molecule has 134 valence electrons. The van der Waals surface area contributed by atoms with E-state index < -0.39 is 0 Å². The number of amides is 1.